The van der Waals surface area contributed by atoms with Gasteiger partial charge in [0, 0.05) is 11.1 Å². The number of nitrogens with one attached hydrogen (secondary N) is 1. The third-order valence-corrected chi connectivity index (χ3v) is 3.25. The Balaban J connectivity index is 2.27. The Labute approximate surface area is 128 Å². The van der Waals surface area contributed by atoms with Crippen molar-refractivity contribution in [2.45, 2.75) is 6.92 Å². The number of ether oxygens (including phenoxy) is 1. The second-order valence-electron chi connectivity index (χ2n) is 4.60. The fraction of sp³-hybridized carbons (Fsp3) is 0.125. The van der Waals surface area contributed by atoms with Crippen molar-refractivity contribution in [3.63, 3.8) is 0 Å². The molecule has 0 radical (unpaired) electrons. The zero-order chi connectivity index (χ0) is 15.4. The molecule has 3 N–H and O–H groups in total. The van der Waals surface area contributed by atoms with Crippen molar-refractivity contribution in [3.05, 3.63) is 59.2 Å². The highest BCUT2D eigenvalue weighted by Crippen LogP contribution is 2.26. The number of anilines is 1. The Kier molecular flexibility index (Phi) is 4.55. The molecule has 4 nitrogen and oxygen atoms in total. The molecule has 2 rings (SSSR count). The van der Waals surface area contributed by atoms with Gasteiger partial charge in [-0.25, -0.2) is 0 Å². The van der Waals surface area contributed by atoms with Gasteiger partial charge in [-0.15, -0.1) is 0 Å². The van der Waals surface area contributed by atoms with Crippen LogP contribution in [0.4, 0.5) is 5.69 Å². The summed E-state index contributed by atoms with van der Waals surface area (Å²) >= 11 is 4.93. The second kappa shape index (κ2) is 6.37. The Hall–Kier alpha value is -2.40. The van der Waals surface area contributed by atoms with Crippen molar-refractivity contribution >= 4 is 28.8 Å². The Morgan fingerprint density at radius 1 is 1.19 bits per heavy atom. The van der Waals surface area contributed by atoms with Crippen LogP contribution in [0.25, 0.3) is 0 Å². The fourth-order valence-electron chi connectivity index (χ4n) is 1.93. The van der Waals surface area contributed by atoms with Crippen LogP contribution in [0.1, 0.15) is 21.5 Å². The topological polar surface area (TPSA) is 64.3 Å². The molecular formula is C16H16N2O2S. The summed E-state index contributed by atoms with van der Waals surface area (Å²) in [5.74, 6) is 0.321. The summed E-state index contributed by atoms with van der Waals surface area (Å²) in [6.07, 6.45) is 0. The molecule has 0 saturated heterocycles. The summed E-state index contributed by atoms with van der Waals surface area (Å²) in [7, 11) is 1.53. The van der Waals surface area contributed by atoms with Crippen molar-refractivity contribution in [2.75, 3.05) is 12.4 Å². The lowest BCUT2D eigenvalue weighted by molar-refractivity contribution is 0.102. The number of thiocarbonyl (C=S) groups is 1. The van der Waals surface area contributed by atoms with Gasteiger partial charge in [-0.05, 0) is 37.3 Å². The number of amides is 1. The maximum atomic E-state index is 12.2. The first kappa shape index (κ1) is 15.0. The lowest BCUT2D eigenvalue weighted by atomic mass is 10.1. The smallest absolute Gasteiger partial charge is 0.255 e. The van der Waals surface area contributed by atoms with Crippen LogP contribution in [-0.2, 0) is 0 Å². The molecule has 108 valence electrons. The maximum Gasteiger partial charge on any atom is 0.255 e. The number of benzene rings is 2. The van der Waals surface area contributed by atoms with Crippen LogP contribution in [0.2, 0.25) is 0 Å². The molecule has 0 spiro atoms. The monoisotopic (exact) mass is 300 g/mol. The average molecular weight is 300 g/mol. The molecule has 0 aliphatic rings. The van der Waals surface area contributed by atoms with Crippen LogP contribution in [0.5, 0.6) is 5.75 Å². The number of methoxy groups -OCH3 is 1. The first-order chi connectivity index (χ1) is 10.0. The third kappa shape index (κ3) is 3.58. The number of hydrogen-bond donors (Lipinski definition) is 2. The Bertz CT molecular complexity index is 698. The summed E-state index contributed by atoms with van der Waals surface area (Å²) in [6.45, 7) is 1.94. The summed E-state index contributed by atoms with van der Waals surface area (Å²) in [5, 5.41) is 2.82. The van der Waals surface area contributed by atoms with Crippen LogP contribution < -0.4 is 15.8 Å². The molecule has 0 aliphatic heterocycles. The first-order valence-corrected chi connectivity index (χ1v) is 6.78. The largest absolute Gasteiger partial charge is 0.495 e. The quantitative estimate of drug-likeness (QED) is 0.852. The van der Waals surface area contributed by atoms with Gasteiger partial charge in [0.25, 0.3) is 5.91 Å². The SMILES string of the molecule is COc1cc(C(N)=S)ccc1NC(=O)c1cccc(C)c1. The van der Waals surface area contributed by atoms with Gasteiger partial charge in [0.15, 0.2) is 0 Å². The maximum absolute atomic E-state index is 12.2. The lowest BCUT2D eigenvalue weighted by Crippen LogP contribution is -2.14. The van der Waals surface area contributed by atoms with Gasteiger partial charge in [-0.2, -0.15) is 0 Å². The van der Waals surface area contributed by atoms with Gasteiger partial charge < -0.3 is 15.8 Å². The number of nitrogens with two attached hydrogens (primary N) is 1. The Morgan fingerprint density at radius 2 is 1.95 bits per heavy atom. The van der Waals surface area contributed by atoms with E-state index in [0.717, 1.165) is 5.56 Å². The molecule has 0 saturated carbocycles. The van der Waals surface area contributed by atoms with E-state index in [1.165, 1.54) is 7.11 Å². The van der Waals surface area contributed by atoms with E-state index in [1.807, 2.05) is 25.1 Å². The van der Waals surface area contributed by atoms with Crippen LogP contribution in [0.3, 0.4) is 0 Å². The van der Waals surface area contributed by atoms with E-state index in [-0.39, 0.29) is 10.9 Å². The minimum atomic E-state index is -0.194. The van der Waals surface area contributed by atoms with E-state index in [4.69, 9.17) is 22.7 Å². The lowest BCUT2D eigenvalue weighted by Gasteiger charge is -2.12. The number of hydrogen-bond acceptors (Lipinski definition) is 3. The molecule has 21 heavy (non-hydrogen) atoms. The number of aryl methyl sites for hydroxylation is 1. The molecule has 5 heteroatoms. The van der Waals surface area contributed by atoms with E-state index in [2.05, 4.69) is 5.32 Å². The molecule has 0 heterocycles. The molecule has 2 aromatic rings. The van der Waals surface area contributed by atoms with Crippen LogP contribution in [0, 0.1) is 6.92 Å². The molecular weight excluding hydrogens is 284 g/mol. The predicted octanol–water partition coefficient (Wildman–Crippen LogP) is 2.89. The van der Waals surface area contributed by atoms with Crippen molar-refractivity contribution in [3.8, 4) is 5.75 Å². The van der Waals surface area contributed by atoms with E-state index >= 15 is 0 Å². The molecule has 0 unspecified atom stereocenters. The number of carbonyl (C=O) groups is 1. The minimum Gasteiger partial charge on any atom is -0.495 e. The van der Waals surface area contributed by atoms with Gasteiger partial charge in [0.2, 0.25) is 0 Å². The van der Waals surface area contributed by atoms with E-state index in [1.54, 1.807) is 24.3 Å². The van der Waals surface area contributed by atoms with Gasteiger partial charge >= 0.3 is 0 Å². The van der Waals surface area contributed by atoms with Gasteiger partial charge in [-0.1, -0.05) is 29.9 Å². The van der Waals surface area contributed by atoms with E-state index in [9.17, 15) is 4.79 Å². The molecule has 2 aromatic carbocycles. The Morgan fingerprint density at radius 3 is 2.57 bits per heavy atom. The molecule has 1 amide bonds. The minimum absolute atomic E-state index is 0.194. The zero-order valence-electron chi connectivity index (χ0n) is 11.8. The van der Waals surface area contributed by atoms with Gasteiger partial charge in [0.05, 0.1) is 12.8 Å². The van der Waals surface area contributed by atoms with Crippen molar-refractivity contribution in [2.24, 2.45) is 5.73 Å². The molecule has 0 atom stereocenters. The van der Waals surface area contributed by atoms with Crippen molar-refractivity contribution in [1.82, 2.24) is 0 Å². The van der Waals surface area contributed by atoms with Crippen LogP contribution >= 0.6 is 12.2 Å². The molecule has 0 bridgehead atoms. The summed E-state index contributed by atoms with van der Waals surface area (Å²) in [4.78, 5) is 12.5. The van der Waals surface area contributed by atoms with Crippen LogP contribution in [-0.4, -0.2) is 18.0 Å². The number of rotatable bonds is 4. The summed E-state index contributed by atoms with van der Waals surface area (Å²) in [5.41, 5.74) is 8.47. The zero-order valence-corrected chi connectivity index (χ0v) is 12.7. The predicted molar refractivity (Wildman–Crippen MR) is 88.0 cm³/mol. The van der Waals surface area contributed by atoms with Crippen molar-refractivity contribution < 1.29 is 9.53 Å². The van der Waals surface area contributed by atoms with E-state index in [0.29, 0.717) is 22.6 Å². The summed E-state index contributed by atoms with van der Waals surface area (Å²) in [6, 6.07) is 12.5. The van der Waals surface area contributed by atoms with Crippen LogP contribution in [0.15, 0.2) is 42.5 Å². The second-order valence-corrected chi connectivity index (χ2v) is 5.04. The highest BCUT2D eigenvalue weighted by atomic mass is 32.1. The van der Waals surface area contributed by atoms with Crippen molar-refractivity contribution in [1.29, 1.82) is 0 Å². The molecule has 0 fully saturated rings. The third-order valence-electron chi connectivity index (χ3n) is 3.01. The molecule has 0 aromatic heterocycles. The molecule has 0 aliphatic carbocycles. The average Bonchev–Trinajstić information content (AvgIpc) is 2.47. The normalized spacial score (nSPS) is 10.0. The highest BCUT2D eigenvalue weighted by Gasteiger charge is 2.11. The van der Waals surface area contributed by atoms with E-state index < -0.39 is 0 Å². The summed E-state index contributed by atoms with van der Waals surface area (Å²) < 4.78 is 5.27. The standard InChI is InChI=1S/C16H16N2O2S/c1-10-4-3-5-12(8-10)16(19)18-13-7-6-11(15(17)21)9-14(13)20-2/h3-9H,1-2H3,(H2,17,21)(H,18,19). The van der Waals surface area contributed by atoms with Gasteiger partial charge in [0.1, 0.15) is 10.7 Å². The number of carbonyl (C=O) groups excluding carboxylic acids is 1. The fourth-order valence-corrected chi connectivity index (χ4v) is 2.06. The highest BCUT2D eigenvalue weighted by molar-refractivity contribution is 7.80. The van der Waals surface area contributed by atoms with Gasteiger partial charge in [-0.3, -0.25) is 4.79 Å². The first-order valence-electron chi connectivity index (χ1n) is 6.37.